The molecule has 1 unspecified atom stereocenters. The molecule has 6 N–H and O–H groups in total. The van der Waals surface area contributed by atoms with Crippen LogP contribution in [-0.2, 0) is 40.0 Å². The van der Waals surface area contributed by atoms with Crippen LogP contribution in [0.5, 0.6) is 5.75 Å². The lowest BCUT2D eigenvalue weighted by Crippen LogP contribution is -2.40. The third-order valence-corrected chi connectivity index (χ3v) is 7.69. The van der Waals surface area contributed by atoms with E-state index in [2.05, 4.69) is 5.32 Å². The van der Waals surface area contributed by atoms with Crippen molar-refractivity contribution in [2.75, 3.05) is 20.2 Å². The number of fused-ring (bicyclic) bond motifs is 1. The Morgan fingerprint density at radius 1 is 1.03 bits per heavy atom. The zero-order valence-corrected chi connectivity index (χ0v) is 19.5. The van der Waals surface area contributed by atoms with Gasteiger partial charge in [0, 0.05) is 5.39 Å². The van der Waals surface area contributed by atoms with Gasteiger partial charge < -0.3 is 24.7 Å². The second-order valence-corrected chi connectivity index (χ2v) is 10.7. The third-order valence-electron chi connectivity index (χ3n) is 4.84. The highest BCUT2D eigenvalue weighted by molar-refractivity contribution is 7.90. The van der Waals surface area contributed by atoms with E-state index in [0.29, 0.717) is 6.07 Å². The molecule has 0 bridgehead atoms. The number of ether oxygens (including phenoxy) is 1. The van der Waals surface area contributed by atoms with Gasteiger partial charge in [0.1, 0.15) is 23.7 Å². The number of sulfonamides is 2. The molecule has 16 nitrogen and oxygen atoms in total. The number of methoxy groups -OCH3 is 1. The predicted octanol–water partition coefficient (Wildman–Crippen LogP) is -1.78. The van der Waals surface area contributed by atoms with E-state index in [1.54, 1.807) is 9.44 Å². The number of benzene rings is 1. The second kappa shape index (κ2) is 8.80. The van der Waals surface area contributed by atoms with E-state index in [0.717, 1.165) is 13.2 Å². The van der Waals surface area contributed by atoms with E-state index in [-0.39, 0.29) is 11.1 Å². The largest absolute Gasteiger partial charge is 0.492 e. The van der Waals surface area contributed by atoms with Gasteiger partial charge in [-0.05, 0) is 19.1 Å². The number of carbonyl (C=O) groups is 4. The highest BCUT2D eigenvalue weighted by atomic mass is 32.2. The van der Waals surface area contributed by atoms with Crippen molar-refractivity contribution in [2.24, 2.45) is 0 Å². The Bertz CT molecular complexity index is 1480. The first-order valence-electron chi connectivity index (χ1n) is 9.34. The first kappa shape index (κ1) is 25.9. The molecule has 1 fully saturated rings. The van der Waals surface area contributed by atoms with Gasteiger partial charge in [0.15, 0.2) is 16.9 Å². The number of hydrogen-bond donors (Lipinski definition) is 6. The molecule has 2 aromatic rings. The number of furan rings is 1. The number of rotatable bonds is 10. The summed E-state index contributed by atoms with van der Waals surface area (Å²) < 4.78 is 65.6. The molecule has 0 saturated carbocycles. The Hall–Kier alpha value is -3.74. The average molecular weight is 534 g/mol. The fourth-order valence-electron chi connectivity index (χ4n) is 3.16. The number of aliphatic carboxylic acids is 2. The molecule has 1 aliphatic heterocycles. The minimum Gasteiger partial charge on any atom is -0.492 e. The number of amides is 3. The maximum atomic E-state index is 12.9. The molecule has 1 atom stereocenters. The van der Waals surface area contributed by atoms with Crippen molar-refractivity contribution in [1.29, 1.82) is 0 Å². The molecule has 1 aliphatic rings. The van der Waals surface area contributed by atoms with Crippen LogP contribution in [0.2, 0.25) is 0 Å². The predicted molar refractivity (Wildman–Crippen MR) is 112 cm³/mol. The summed E-state index contributed by atoms with van der Waals surface area (Å²) in [6.45, 7) is -0.882. The van der Waals surface area contributed by atoms with Crippen molar-refractivity contribution in [3.63, 3.8) is 0 Å². The summed E-state index contributed by atoms with van der Waals surface area (Å²) >= 11 is 0. The van der Waals surface area contributed by atoms with Gasteiger partial charge in [0.2, 0.25) is 20.0 Å². The van der Waals surface area contributed by atoms with Crippen molar-refractivity contribution in [2.45, 2.75) is 22.3 Å². The van der Waals surface area contributed by atoms with Crippen LogP contribution in [0.3, 0.4) is 0 Å². The van der Waals surface area contributed by atoms with Crippen molar-refractivity contribution in [1.82, 2.24) is 20.1 Å². The molecule has 1 aromatic heterocycles. The number of nitrogens with one attached hydrogen (secondary N) is 4. The molecule has 3 amide bonds. The number of hydrogen-bond acceptors (Lipinski definition) is 10. The lowest BCUT2D eigenvalue weighted by molar-refractivity contribution is -0.136. The van der Waals surface area contributed by atoms with Crippen LogP contribution in [0, 0.1) is 0 Å². The molecule has 3 rings (SSSR count). The second-order valence-electron chi connectivity index (χ2n) is 7.23. The molecule has 190 valence electrons. The number of carboxylic acids is 2. The molecule has 18 heteroatoms. The summed E-state index contributed by atoms with van der Waals surface area (Å²) in [7, 11) is -8.42. The fourth-order valence-corrected chi connectivity index (χ4v) is 5.58. The lowest BCUT2D eigenvalue weighted by atomic mass is 9.99. The van der Waals surface area contributed by atoms with Crippen molar-refractivity contribution in [3.8, 4) is 5.75 Å². The maximum absolute atomic E-state index is 12.9. The smallest absolute Gasteiger partial charge is 0.322 e. The van der Waals surface area contributed by atoms with Gasteiger partial charge in [-0.2, -0.15) is 9.44 Å². The minimum atomic E-state index is -4.72. The summed E-state index contributed by atoms with van der Waals surface area (Å²) in [6, 6.07) is 0.784. The highest BCUT2D eigenvalue weighted by Gasteiger charge is 2.47. The zero-order chi connectivity index (χ0) is 26.3. The first-order chi connectivity index (χ1) is 16.1. The maximum Gasteiger partial charge on any atom is 0.322 e. The summed E-state index contributed by atoms with van der Waals surface area (Å²) in [5, 5.41) is 21.6. The molecular formula is C17H18N4O12S2. The molecule has 0 aliphatic carbocycles. The van der Waals surface area contributed by atoms with Gasteiger partial charge in [-0.15, -0.1) is 0 Å². The zero-order valence-electron chi connectivity index (χ0n) is 17.9. The normalized spacial score (nSPS) is 18.3. The standard InChI is InChI=1S/C17H18N4O12S2/c1-17(15(26)20-16(27)21-17)10-3-7-8(34(28,29)18-5-11(22)23)4-9(14(32-2)13(7)33-10)35(30,31)19-6-12(24)25/h3-4,18-19H,5-6H2,1-2H3,(H,22,23)(H,24,25)(H2,20,21,26,27). The van der Waals surface area contributed by atoms with Crippen LogP contribution in [0.25, 0.3) is 11.0 Å². The van der Waals surface area contributed by atoms with Gasteiger partial charge in [0.05, 0.1) is 12.0 Å². The number of carboxylic acid groups (broad SMARTS) is 2. The molecular weight excluding hydrogens is 516 g/mol. The minimum absolute atomic E-state index is 0.308. The number of carbonyl (C=O) groups excluding carboxylic acids is 2. The Kier molecular flexibility index (Phi) is 6.51. The van der Waals surface area contributed by atoms with Gasteiger partial charge in [-0.3, -0.25) is 19.7 Å². The average Bonchev–Trinajstić information content (AvgIpc) is 3.31. The molecule has 0 radical (unpaired) electrons. The highest BCUT2D eigenvalue weighted by Crippen LogP contribution is 2.41. The Balaban J connectivity index is 2.36. The van der Waals surface area contributed by atoms with Crippen molar-refractivity contribution >= 4 is 54.9 Å². The summed E-state index contributed by atoms with van der Waals surface area (Å²) in [5.41, 5.74) is -2.32. The lowest BCUT2D eigenvalue weighted by Gasteiger charge is -2.16. The van der Waals surface area contributed by atoms with Crippen molar-refractivity contribution < 1.29 is 55.4 Å². The molecule has 0 spiro atoms. The van der Waals surface area contributed by atoms with E-state index in [9.17, 15) is 36.0 Å². The SMILES string of the molecule is COc1c(S(=O)(=O)NCC(=O)O)cc(S(=O)(=O)NCC(=O)O)c2cc(C3(C)NC(=O)NC3=O)oc12. The third kappa shape index (κ3) is 4.76. The Morgan fingerprint density at radius 3 is 2.03 bits per heavy atom. The molecule has 1 saturated heterocycles. The summed E-state index contributed by atoms with van der Waals surface area (Å²) in [4.78, 5) is 44.1. The Labute approximate surface area is 196 Å². The van der Waals surface area contributed by atoms with Crippen LogP contribution in [0.1, 0.15) is 12.7 Å². The quantitative estimate of drug-likeness (QED) is 0.185. The van der Waals surface area contributed by atoms with E-state index >= 15 is 0 Å². The van der Waals surface area contributed by atoms with Crippen LogP contribution in [-0.4, -0.2) is 71.1 Å². The summed E-state index contributed by atoms with van der Waals surface area (Å²) in [5.74, 6) is -4.79. The monoisotopic (exact) mass is 534 g/mol. The fraction of sp³-hybridized carbons (Fsp3) is 0.294. The van der Waals surface area contributed by atoms with Gasteiger partial charge in [-0.1, -0.05) is 0 Å². The number of urea groups is 1. The van der Waals surface area contributed by atoms with Crippen LogP contribution < -0.4 is 24.8 Å². The van der Waals surface area contributed by atoms with E-state index in [1.807, 2.05) is 5.32 Å². The summed E-state index contributed by atoms with van der Waals surface area (Å²) in [6.07, 6.45) is 0. The first-order valence-corrected chi connectivity index (χ1v) is 12.3. The van der Waals surface area contributed by atoms with Crippen molar-refractivity contribution in [3.05, 3.63) is 17.9 Å². The topological polar surface area (TPSA) is 248 Å². The van der Waals surface area contributed by atoms with E-state index < -0.39 is 83.7 Å². The molecule has 2 heterocycles. The van der Waals surface area contributed by atoms with Crippen LogP contribution >= 0.6 is 0 Å². The molecule has 1 aromatic carbocycles. The van der Waals surface area contributed by atoms with E-state index in [4.69, 9.17) is 19.4 Å². The van der Waals surface area contributed by atoms with Gasteiger partial charge >= 0.3 is 18.0 Å². The van der Waals surface area contributed by atoms with Gasteiger partial charge in [-0.25, -0.2) is 21.6 Å². The van der Waals surface area contributed by atoms with Crippen LogP contribution in [0.4, 0.5) is 4.79 Å². The number of imide groups is 1. The Morgan fingerprint density at radius 2 is 1.57 bits per heavy atom. The van der Waals surface area contributed by atoms with Crippen LogP contribution in [0.15, 0.2) is 26.3 Å². The van der Waals surface area contributed by atoms with Gasteiger partial charge in [0.25, 0.3) is 5.91 Å². The molecule has 35 heavy (non-hydrogen) atoms. The van der Waals surface area contributed by atoms with E-state index in [1.165, 1.54) is 6.92 Å².